The van der Waals surface area contributed by atoms with E-state index >= 15 is 0 Å². The maximum atomic E-state index is 5.70. The average Bonchev–Trinajstić information content (AvgIpc) is 2.44. The van der Waals surface area contributed by atoms with Crippen LogP contribution in [0.15, 0.2) is 6.33 Å². The summed E-state index contributed by atoms with van der Waals surface area (Å²) in [7, 11) is 0. The van der Waals surface area contributed by atoms with Crippen molar-refractivity contribution in [3.63, 3.8) is 0 Å². The van der Waals surface area contributed by atoms with E-state index in [0.717, 1.165) is 18.7 Å². The van der Waals surface area contributed by atoms with Crippen LogP contribution in [-0.2, 0) is 6.42 Å². The highest BCUT2D eigenvalue weighted by Crippen LogP contribution is 2.23. The van der Waals surface area contributed by atoms with E-state index < -0.39 is 0 Å². The summed E-state index contributed by atoms with van der Waals surface area (Å²) < 4.78 is 1.92. The zero-order valence-electron chi connectivity index (χ0n) is 5.50. The molecule has 0 radical (unpaired) electrons. The molecule has 1 aromatic rings. The van der Waals surface area contributed by atoms with Gasteiger partial charge in [-0.2, -0.15) is 5.10 Å². The quantitative estimate of drug-likeness (QED) is 0.570. The van der Waals surface area contributed by atoms with Gasteiger partial charge in [0.15, 0.2) is 0 Å². The number of fused-ring (bicyclic) bond motifs is 1. The largest absolute Gasteiger partial charge is 0.246 e. The third-order valence-corrected chi connectivity index (χ3v) is 2.23. The van der Waals surface area contributed by atoms with Crippen LogP contribution in [0.5, 0.6) is 0 Å². The van der Waals surface area contributed by atoms with Gasteiger partial charge in [0.1, 0.15) is 12.2 Å². The summed E-state index contributed by atoms with van der Waals surface area (Å²) in [4.78, 5) is 4.09. The smallest absolute Gasteiger partial charge is 0.138 e. The molecule has 0 saturated carbocycles. The average molecular weight is 158 g/mol. The van der Waals surface area contributed by atoms with Crippen molar-refractivity contribution in [1.29, 1.82) is 0 Å². The number of hydrogen-bond acceptors (Lipinski definition) is 2. The number of nitrogens with zero attached hydrogens (tertiary/aromatic N) is 3. The molecule has 0 saturated heterocycles. The van der Waals surface area contributed by atoms with E-state index in [4.69, 9.17) is 11.6 Å². The zero-order valence-corrected chi connectivity index (χ0v) is 6.25. The Hall–Kier alpha value is -0.570. The molecule has 3 nitrogen and oxygen atoms in total. The van der Waals surface area contributed by atoms with Gasteiger partial charge in [-0.3, -0.25) is 0 Å². The third-order valence-electron chi connectivity index (χ3n) is 1.87. The molecule has 1 atom stereocenters. The Labute approximate surface area is 64.0 Å². The molecule has 10 heavy (non-hydrogen) atoms. The van der Waals surface area contributed by atoms with E-state index in [1.165, 1.54) is 0 Å². The van der Waals surface area contributed by atoms with Crippen molar-refractivity contribution in [2.45, 2.75) is 18.9 Å². The molecule has 1 aliphatic rings. The van der Waals surface area contributed by atoms with Gasteiger partial charge < -0.3 is 0 Å². The fourth-order valence-corrected chi connectivity index (χ4v) is 1.60. The Bertz CT molecular complexity index is 233. The Morgan fingerprint density at radius 3 is 3.50 bits per heavy atom. The number of hydrogen-bond donors (Lipinski definition) is 0. The molecule has 2 heterocycles. The molecule has 4 heteroatoms. The number of rotatable bonds is 1. The lowest BCUT2D eigenvalue weighted by Crippen LogP contribution is -2.06. The lowest BCUT2D eigenvalue weighted by Gasteiger charge is -2.04. The monoisotopic (exact) mass is 157 g/mol. The van der Waals surface area contributed by atoms with E-state index in [9.17, 15) is 0 Å². The van der Waals surface area contributed by atoms with Gasteiger partial charge in [-0.15, -0.1) is 11.6 Å². The fourth-order valence-electron chi connectivity index (χ4n) is 1.32. The first-order chi connectivity index (χ1) is 4.92. The predicted octanol–water partition coefficient (Wildman–Crippen LogP) is 1.00. The summed E-state index contributed by atoms with van der Waals surface area (Å²) in [6, 6.07) is 0.388. The summed E-state index contributed by atoms with van der Waals surface area (Å²) in [5, 5.41) is 4.07. The number of alkyl halides is 1. The summed E-state index contributed by atoms with van der Waals surface area (Å²) in [6.45, 7) is 0. The van der Waals surface area contributed by atoms with Gasteiger partial charge in [0.25, 0.3) is 0 Å². The second-order valence-electron chi connectivity index (χ2n) is 2.47. The summed E-state index contributed by atoms with van der Waals surface area (Å²) in [5.41, 5.74) is 0. The van der Waals surface area contributed by atoms with Gasteiger partial charge in [0, 0.05) is 12.3 Å². The highest BCUT2D eigenvalue weighted by Gasteiger charge is 2.21. The minimum Gasteiger partial charge on any atom is -0.246 e. The number of aromatic nitrogens is 3. The first kappa shape index (κ1) is 6.16. The van der Waals surface area contributed by atoms with Crippen LogP contribution in [0.1, 0.15) is 18.3 Å². The maximum absolute atomic E-state index is 5.70. The lowest BCUT2D eigenvalue weighted by atomic mass is 10.2. The van der Waals surface area contributed by atoms with Crippen LogP contribution in [0.25, 0.3) is 0 Å². The van der Waals surface area contributed by atoms with Crippen LogP contribution < -0.4 is 0 Å². The third kappa shape index (κ3) is 0.736. The Morgan fingerprint density at radius 1 is 1.80 bits per heavy atom. The molecule has 1 aromatic heterocycles. The van der Waals surface area contributed by atoms with Gasteiger partial charge >= 0.3 is 0 Å². The Balaban J connectivity index is 2.34. The topological polar surface area (TPSA) is 30.7 Å². The minimum atomic E-state index is 0.388. The van der Waals surface area contributed by atoms with Crippen molar-refractivity contribution < 1.29 is 0 Å². The lowest BCUT2D eigenvalue weighted by molar-refractivity contribution is 0.526. The molecule has 54 valence electrons. The van der Waals surface area contributed by atoms with Gasteiger partial charge in [-0.05, 0) is 6.42 Å². The van der Waals surface area contributed by atoms with Crippen LogP contribution in [0.3, 0.4) is 0 Å². The SMILES string of the molecule is ClC[C@H]1CCc2ncnn21. The van der Waals surface area contributed by atoms with Crippen LogP contribution >= 0.6 is 11.6 Å². The normalized spacial score (nSPS) is 23.1. The molecule has 0 amide bonds. The number of halogens is 1. The van der Waals surface area contributed by atoms with E-state index in [0.29, 0.717) is 11.9 Å². The predicted molar refractivity (Wildman–Crippen MR) is 38.1 cm³/mol. The van der Waals surface area contributed by atoms with Crippen LogP contribution in [0.2, 0.25) is 0 Å². The van der Waals surface area contributed by atoms with Crippen molar-refractivity contribution in [1.82, 2.24) is 14.8 Å². The van der Waals surface area contributed by atoms with Crippen LogP contribution in [0.4, 0.5) is 0 Å². The molecule has 0 aromatic carbocycles. The highest BCUT2D eigenvalue weighted by molar-refractivity contribution is 6.18. The van der Waals surface area contributed by atoms with Crippen molar-refractivity contribution in [2.24, 2.45) is 0 Å². The van der Waals surface area contributed by atoms with Crippen LogP contribution in [-0.4, -0.2) is 20.6 Å². The first-order valence-corrected chi connectivity index (χ1v) is 3.89. The number of aryl methyl sites for hydroxylation is 1. The van der Waals surface area contributed by atoms with Crippen molar-refractivity contribution in [3.8, 4) is 0 Å². The molecule has 0 aliphatic carbocycles. The van der Waals surface area contributed by atoms with Crippen molar-refractivity contribution >= 4 is 11.6 Å². The van der Waals surface area contributed by atoms with E-state index in [2.05, 4.69) is 10.1 Å². The molecule has 1 aliphatic heterocycles. The minimum absolute atomic E-state index is 0.388. The van der Waals surface area contributed by atoms with E-state index in [1.54, 1.807) is 6.33 Å². The highest BCUT2D eigenvalue weighted by atomic mass is 35.5. The molecule has 0 fully saturated rings. The molecular weight excluding hydrogens is 150 g/mol. The molecular formula is C6H8ClN3. The molecule has 0 spiro atoms. The fraction of sp³-hybridized carbons (Fsp3) is 0.667. The van der Waals surface area contributed by atoms with Gasteiger partial charge in [-0.1, -0.05) is 0 Å². The molecule has 0 bridgehead atoms. The van der Waals surface area contributed by atoms with Gasteiger partial charge in [0.05, 0.1) is 6.04 Å². The summed E-state index contributed by atoms with van der Waals surface area (Å²) in [5.74, 6) is 1.72. The summed E-state index contributed by atoms with van der Waals surface area (Å²) in [6.07, 6.45) is 3.71. The van der Waals surface area contributed by atoms with E-state index in [-0.39, 0.29) is 0 Å². The van der Waals surface area contributed by atoms with E-state index in [1.807, 2.05) is 4.68 Å². The molecule has 2 rings (SSSR count). The molecule has 0 unspecified atom stereocenters. The Kier molecular flexibility index (Phi) is 1.38. The van der Waals surface area contributed by atoms with Crippen molar-refractivity contribution in [3.05, 3.63) is 12.2 Å². The standard InChI is InChI=1S/C6H8ClN3/c7-3-5-1-2-6-8-4-9-10(5)6/h4-5H,1-3H2/t5-/m1/s1. The maximum Gasteiger partial charge on any atom is 0.138 e. The zero-order chi connectivity index (χ0) is 6.97. The summed E-state index contributed by atoms with van der Waals surface area (Å²) >= 11 is 5.70. The molecule has 0 N–H and O–H groups in total. The van der Waals surface area contributed by atoms with Gasteiger partial charge in [0.2, 0.25) is 0 Å². The first-order valence-electron chi connectivity index (χ1n) is 3.36. The van der Waals surface area contributed by atoms with Crippen molar-refractivity contribution in [2.75, 3.05) is 5.88 Å². The second-order valence-corrected chi connectivity index (χ2v) is 2.78. The Morgan fingerprint density at radius 2 is 2.70 bits per heavy atom. The van der Waals surface area contributed by atoms with Gasteiger partial charge in [-0.25, -0.2) is 9.67 Å². The second kappa shape index (κ2) is 2.23. The van der Waals surface area contributed by atoms with Crippen LogP contribution in [0, 0.1) is 0 Å².